The maximum Gasteiger partial charge on any atom is 0.337 e. The molecule has 0 aliphatic carbocycles. The van der Waals surface area contributed by atoms with Crippen molar-refractivity contribution < 1.29 is 14.3 Å². The Morgan fingerprint density at radius 1 is 1.00 bits per heavy atom. The third kappa shape index (κ3) is 2.74. The average molecular weight is 334 g/mol. The van der Waals surface area contributed by atoms with Gasteiger partial charge in [0.2, 0.25) is 0 Å². The largest absolute Gasteiger partial charge is 0.481 e. The van der Waals surface area contributed by atoms with Gasteiger partial charge in [0.1, 0.15) is 11.9 Å². The summed E-state index contributed by atoms with van der Waals surface area (Å²) in [5.41, 5.74) is 2.18. The normalized spacial score (nSPS) is 22.0. The van der Waals surface area contributed by atoms with E-state index in [4.69, 9.17) is 9.47 Å². The molecule has 0 saturated carbocycles. The van der Waals surface area contributed by atoms with E-state index >= 15 is 0 Å². The van der Waals surface area contributed by atoms with E-state index in [0.717, 1.165) is 36.1 Å². The Morgan fingerprint density at radius 3 is 2.16 bits per heavy atom. The third-order valence-electron chi connectivity index (χ3n) is 5.21. The minimum Gasteiger partial charge on any atom is -0.481 e. The number of allylic oxidation sites excluding steroid dienone is 1. The fraction of sp³-hybridized carbons (Fsp3) is 0.318. The molecule has 0 aromatic heterocycles. The van der Waals surface area contributed by atoms with Gasteiger partial charge in [-0.15, -0.1) is 0 Å². The Bertz CT molecular complexity index is 753. The highest BCUT2D eigenvalue weighted by Gasteiger charge is 2.47. The summed E-state index contributed by atoms with van der Waals surface area (Å²) in [6.07, 6.45) is 2.92. The van der Waals surface area contributed by atoms with Gasteiger partial charge in [0.15, 0.2) is 5.60 Å². The summed E-state index contributed by atoms with van der Waals surface area (Å²) in [5.74, 6) is 0.585. The number of ether oxygens (including phenoxy) is 2. The lowest BCUT2D eigenvalue weighted by molar-refractivity contribution is -0.144. The SMILES string of the molecule is CCC1CCC2=C(CC(c3ccccc3)(c3ccccc3)O2)C(=O)O1. The van der Waals surface area contributed by atoms with Crippen LogP contribution in [0.25, 0.3) is 0 Å². The minimum atomic E-state index is -0.648. The number of carbonyl (C=O) groups is 1. The number of cyclic esters (lactones) is 1. The van der Waals surface area contributed by atoms with Gasteiger partial charge in [0.05, 0.1) is 5.57 Å². The number of esters is 1. The third-order valence-corrected chi connectivity index (χ3v) is 5.21. The van der Waals surface area contributed by atoms with Gasteiger partial charge in [-0.05, 0) is 12.8 Å². The topological polar surface area (TPSA) is 35.5 Å². The zero-order valence-corrected chi connectivity index (χ0v) is 14.4. The Hall–Kier alpha value is -2.55. The second kappa shape index (κ2) is 6.40. The van der Waals surface area contributed by atoms with Crippen LogP contribution < -0.4 is 0 Å². The van der Waals surface area contributed by atoms with E-state index in [1.807, 2.05) is 43.3 Å². The van der Waals surface area contributed by atoms with Gasteiger partial charge in [0.25, 0.3) is 0 Å². The fourth-order valence-electron chi connectivity index (χ4n) is 3.81. The Morgan fingerprint density at radius 2 is 1.60 bits per heavy atom. The van der Waals surface area contributed by atoms with Gasteiger partial charge in [-0.2, -0.15) is 0 Å². The molecule has 0 N–H and O–H groups in total. The van der Waals surface area contributed by atoms with Crippen molar-refractivity contribution in [2.75, 3.05) is 0 Å². The first kappa shape index (κ1) is 15.9. The molecule has 4 rings (SSSR count). The van der Waals surface area contributed by atoms with E-state index in [-0.39, 0.29) is 12.1 Å². The van der Waals surface area contributed by atoms with Crippen molar-refractivity contribution in [1.29, 1.82) is 0 Å². The molecule has 3 nitrogen and oxygen atoms in total. The summed E-state index contributed by atoms with van der Waals surface area (Å²) < 4.78 is 12.2. The average Bonchev–Trinajstić information content (AvgIpc) is 3.01. The van der Waals surface area contributed by atoms with Gasteiger partial charge >= 0.3 is 5.97 Å². The van der Waals surface area contributed by atoms with Crippen LogP contribution in [0.15, 0.2) is 72.0 Å². The molecule has 1 atom stereocenters. The van der Waals surface area contributed by atoms with Gasteiger partial charge in [-0.3, -0.25) is 0 Å². The maximum atomic E-state index is 12.7. The van der Waals surface area contributed by atoms with Crippen LogP contribution in [-0.4, -0.2) is 12.1 Å². The van der Waals surface area contributed by atoms with E-state index in [0.29, 0.717) is 12.0 Å². The highest BCUT2D eigenvalue weighted by Crippen LogP contribution is 2.49. The molecule has 1 unspecified atom stereocenters. The summed E-state index contributed by atoms with van der Waals surface area (Å²) >= 11 is 0. The highest BCUT2D eigenvalue weighted by atomic mass is 16.6. The van der Waals surface area contributed by atoms with Gasteiger partial charge in [0, 0.05) is 24.0 Å². The molecule has 2 aliphatic heterocycles. The number of carbonyl (C=O) groups excluding carboxylic acids is 1. The van der Waals surface area contributed by atoms with Crippen LogP contribution in [0.3, 0.4) is 0 Å². The van der Waals surface area contributed by atoms with Crippen LogP contribution in [0, 0.1) is 0 Å². The molecule has 0 saturated heterocycles. The van der Waals surface area contributed by atoms with Crippen LogP contribution in [0.4, 0.5) is 0 Å². The minimum absolute atomic E-state index is 0.00968. The smallest absolute Gasteiger partial charge is 0.337 e. The predicted molar refractivity (Wildman–Crippen MR) is 95.8 cm³/mol. The molecule has 128 valence electrons. The van der Waals surface area contributed by atoms with E-state index in [1.165, 1.54) is 0 Å². The van der Waals surface area contributed by atoms with Crippen LogP contribution in [-0.2, 0) is 19.9 Å². The number of hydrogen-bond acceptors (Lipinski definition) is 3. The van der Waals surface area contributed by atoms with Crippen molar-refractivity contribution in [2.45, 2.75) is 44.3 Å². The molecule has 0 spiro atoms. The van der Waals surface area contributed by atoms with Crippen LogP contribution in [0.5, 0.6) is 0 Å². The Balaban J connectivity index is 1.76. The fourth-order valence-corrected chi connectivity index (χ4v) is 3.81. The molecule has 0 fully saturated rings. The highest BCUT2D eigenvalue weighted by molar-refractivity contribution is 5.90. The summed E-state index contributed by atoms with van der Waals surface area (Å²) in [7, 11) is 0. The summed E-state index contributed by atoms with van der Waals surface area (Å²) in [6.45, 7) is 2.05. The van der Waals surface area contributed by atoms with Crippen LogP contribution >= 0.6 is 0 Å². The Kier molecular flexibility index (Phi) is 4.08. The Labute approximate surface area is 148 Å². The lowest BCUT2D eigenvalue weighted by atomic mass is 9.82. The van der Waals surface area contributed by atoms with Gasteiger partial charge in [-0.1, -0.05) is 67.6 Å². The molecular formula is C22H22O3. The molecule has 2 aliphatic rings. The maximum absolute atomic E-state index is 12.7. The molecule has 0 radical (unpaired) electrons. The number of rotatable bonds is 3. The number of hydrogen-bond donors (Lipinski definition) is 0. The molecule has 0 bridgehead atoms. The predicted octanol–water partition coefficient (Wildman–Crippen LogP) is 4.72. The summed E-state index contributed by atoms with van der Waals surface area (Å²) in [5, 5.41) is 0. The molecule has 2 aromatic rings. The van der Waals surface area contributed by atoms with Crippen molar-refractivity contribution in [2.24, 2.45) is 0 Å². The van der Waals surface area contributed by atoms with Crippen LogP contribution in [0.2, 0.25) is 0 Å². The number of benzene rings is 2. The first-order valence-corrected chi connectivity index (χ1v) is 8.96. The zero-order chi connectivity index (χ0) is 17.3. The second-order valence-corrected chi connectivity index (χ2v) is 6.71. The first-order valence-electron chi connectivity index (χ1n) is 8.96. The molecule has 25 heavy (non-hydrogen) atoms. The standard InChI is InChI=1S/C22H22O3/c1-2-18-13-14-20-19(21(23)24-18)15-22(25-20,16-9-5-3-6-10-16)17-11-7-4-8-12-17/h3-12,18H,2,13-15H2,1H3. The van der Waals surface area contributed by atoms with Crippen molar-refractivity contribution >= 4 is 5.97 Å². The lowest BCUT2D eigenvalue weighted by Crippen LogP contribution is -2.29. The first-order chi connectivity index (χ1) is 12.2. The van der Waals surface area contributed by atoms with E-state index in [2.05, 4.69) is 24.3 Å². The molecule has 2 aromatic carbocycles. The monoisotopic (exact) mass is 334 g/mol. The van der Waals surface area contributed by atoms with Crippen molar-refractivity contribution in [3.8, 4) is 0 Å². The summed E-state index contributed by atoms with van der Waals surface area (Å²) in [4.78, 5) is 12.7. The lowest BCUT2D eigenvalue weighted by Gasteiger charge is -2.32. The molecule has 2 heterocycles. The van der Waals surface area contributed by atoms with Gasteiger partial charge < -0.3 is 9.47 Å². The quantitative estimate of drug-likeness (QED) is 0.762. The second-order valence-electron chi connectivity index (χ2n) is 6.71. The summed E-state index contributed by atoms with van der Waals surface area (Å²) in [6, 6.07) is 20.3. The molecule has 3 heteroatoms. The van der Waals surface area contributed by atoms with Crippen molar-refractivity contribution in [3.63, 3.8) is 0 Å². The molecular weight excluding hydrogens is 312 g/mol. The van der Waals surface area contributed by atoms with E-state index in [9.17, 15) is 4.79 Å². The zero-order valence-electron chi connectivity index (χ0n) is 14.4. The molecule has 0 amide bonds. The van der Waals surface area contributed by atoms with Crippen molar-refractivity contribution in [3.05, 3.63) is 83.1 Å². The van der Waals surface area contributed by atoms with E-state index in [1.54, 1.807) is 0 Å². The van der Waals surface area contributed by atoms with Gasteiger partial charge in [-0.25, -0.2) is 4.79 Å². The van der Waals surface area contributed by atoms with Crippen molar-refractivity contribution in [1.82, 2.24) is 0 Å². The van der Waals surface area contributed by atoms with Crippen LogP contribution in [0.1, 0.15) is 43.7 Å². The van der Waals surface area contributed by atoms with E-state index < -0.39 is 5.60 Å².